The van der Waals surface area contributed by atoms with Crippen LogP contribution in [0.15, 0.2) is 54.9 Å². The Morgan fingerprint density at radius 1 is 0.848 bits per heavy atom. The minimum absolute atomic E-state index is 0. The maximum atomic E-state index is 12.4. The average Bonchev–Trinajstić information content (AvgIpc) is 2.82. The second-order valence-corrected chi connectivity index (χ2v) is 8.34. The van der Waals surface area contributed by atoms with E-state index in [2.05, 4.69) is 12.2 Å². The van der Waals surface area contributed by atoms with Crippen LogP contribution < -0.4 is 22.3 Å². The second-order valence-electron chi connectivity index (χ2n) is 8.34. The van der Waals surface area contributed by atoms with Gasteiger partial charge in [0, 0.05) is 12.6 Å². The van der Waals surface area contributed by atoms with Gasteiger partial charge in [0.1, 0.15) is 5.56 Å². The molecule has 0 aliphatic heterocycles. The number of ether oxygens (including phenoxy) is 1. The Bertz CT molecular complexity index is 799. The van der Waals surface area contributed by atoms with Crippen molar-refractivity contribution in [1.82, 2.24) is 5.32 Å². The highest BCUT2D eigenvalue weighted by Crippen LogP contribution is 2.10. The molecule has 0 aliphatic rings. The standard InChI is InChI=1S/C27H38N2O3.ClH/c1-2-3-4-5-6-7-8-9-10-14-20-32-26(30)23-29-19-15-18-25(22-29)27(31)28-21-24-16-12-11-13-17-24;/h11-13,15-19,22H,2-10,14,20-21,23H2,1H3;1H. The van der Waals surface area contributed by atoms with Gasteiger partial charge in [-0.25, -0.2) is 4.79 Å². The number of halogens is 1. The molecule has 6 heteroatoms. The first-order chi connectivity index (χ1) is 15.7. The Kier molecular flexibility index (Phi) is 15.7. The number of unbranched alkanes of at least 4 members (excludes halogenated alkanes) is 9. The topological polar surface area (TPSA) is 59.3 Å². The second kappa shape index (κ2) is 18.1. The summed E-state index contributed by atoms with van der Waals surface area (Å²) in [5.74, 6) is -0.435. The summed E-state index contributed by atoms with van der Waals surface area (Å²) in [6.45, 7) is 3.29. The van der Waals surface area contributed by atoms with Gasteiger partial charge in [-0.05, 0) is 18.1 Å². The first kappa shape index (κ1) is 28.6. The van der Waals surface area contributed by atoms with Crippen molar-refractivity contribution in [2.45, 2.75) is 84.2 Å². The maximum absolute atomic E-state index is 12.4. The minimum Gasteiger partial charge on any atom is -1.00 e. The van der Waals surface area contributed by atoms with E-state index >= 15 is 0 Å². The molecule has 0 aliphatic carbocycles. The van der Waals surface area contributed by atoms with E-state index in [-0.39, 0.29) is 30.8 Å². The average molecular weight is 475 g/mol. The molecule has 1 amide bonds. The molecule has 1 N–H and O–H groups in total. The summed E-state index contributed by atoms with van der Waals surface area (Å²) in [4.78, 5) is 24.5. The predicted molar refractivity (Wildman–Crippen MR) is 127 cm³/mol. The Balaban J connectivity index is 0.00000544. The molecule has 0 saturated carbocycles. The lowest BCUT2D eigenvalue weighted by Gasteiger charge is -2.06. The third kappa shape index (κ3) is 13.0. The number of esters is 1. The zero-order valence-electron chi connectivity index (χ0n) is 19.9. The molecule has 33 heavy (non-hydrogen) atoms. The van der Waals surface area contributed by atoms with E-state index in [4.69, 9.17) is 4.74 Å². The molecule has 0 saturated heterocycles. The highest BCUT2D eigenvalue weighted by Gasteiger charge is 2.14. The van der Waals surface area contributed by atoms with Gasteiger partial charge in [0.2, 0.25) is 6.54 Å². The number of benzene rings is 1. The number of aromatic nitrogens is 1. The van der Waals surface area contributed by atoms with Crippen LogP contribution in [-0.4, -0.2) is 18.5 Å². The quantitative estimate of drug-likeness (QED) is 0.231. The van der Waals surface area contributed by atoms with Crippen LogP contribution in [-0.2, 0) is 22.6 Å². The van der Waals surface area contributed by atoms with E-state index in [1.165, 1.54) is 51.4 Å². The van der Waals surface area contributed by atoms with Gasteiger partial charge in [0.25, 0.3) is 5.91 Å². The maximum Gasteiger partial charge on any atom is 0.372 e. The number of rotatable bonds is 16. The molecule has 0 unspecified atom stereocenters. The molecule has 5 nitrogen and oxygen atoms in total. The van der Waals surface area contributed by atoms with Crippen LogP contribution in [0.4, 0.5) is 0 Å². The summed E-state index contributed by atoms with van der Waals surface area (Å²) in [5, 5.41) is 2.90. The van der Waals surface area contributed by atoms with Crippen molar-refractivity contribution >= 4 is 11.9 Å². The summed E-state index contributed by atoms with van der Waals surface area (Å²) in [5.41, 5.74) is 1.56. The Morgan fingerprint density at radius 2 is 1.48 bits per heavy atom. The van der Waals surface area contributed by atoms with Crippen LogP contribution in [0, 0.1) is 0 Å². The number of nitrogens with zero attached hydrogens (tertiary/aromatic N) is 1. The van der Waals surface area contributed by atoms with E-state index in [0.717, 1.165) is 18.4 Å². The van der Waals surface area contributed by atoms with Crippen LogP contribution >= 0.6 is 0 Å². The first-order valence-electron chi connectivity index (χ1n) is 12.2. The Hall–Kier alpha value is -2.40. The highest BCUT2D eigenvalue weighted by atomic mass is 35.5. The minimum atomic E-state index is -0.271. The fourth-order valence-corrected chi connectivity index (χ4v) is 3.61. The lowest BCUT2D eigenvalue weighted by Crippen LogP contribution is -3.00. The van der Waals surface area contributed by atoms with Gasteiger partial charge in [-0.15, -0.1) is 0 Å². The molecule has 182 valence electrons. The monoisotopic (exact) mass is 474 g/mol. The third-order valence-electron chi connectivity index (χ3n) is 5.49. The van der Waals surface area contributed by atoms with Gasteiger partial charge in [-0.1, -0.05) is 95.0 Å². The molecule has 0 atom stereocenters. The van der Waals surface area contributed by atoms with Crippen molar-refractivity contribution in [3.8, 4) is 0 Å². The fraction of sp³-hybridized carbons (Fsp3) is 0.519. The third-order valence-corrected chi connectivity index (χ3v) is 5.49. The highest BCUT2D eigenvalue weighted by molar-refractivity contribution is 5.93. The van der Waals surface area contributed by atoms with Crippen molar-refractivity contribution in [1.29, 1.82) is 0 Å². The molecule has 0 radical (unpaired) electrons. The van der Waals surface area contributed by atoms with Crippen LogP contribution in [0.3, 0.4) is 0 Å². The number of carbonyl (C=O) groups excluding carboxylic acids is 2. The Labute approximate surface area is 205 Å². The van der Waals surface area contributed by atoms with Crippen molar-refractivity contribution in [2.75, 3.05) is 6.61 Å². The smallest absolute Gasteiger partial charge is 0.372 e. The number of hydrogen-bond acceptors (Lipinski definition) is 3. The van der Waals surface area contributed by atoms with Crippen molar-refractivity contribution in [3.05, 3.63) is 66.0 Å². The Morgan fingerprint density at radius 3 is 2.15 bits per heavy atom. The van der Waals surface area contributed by atoms with Gasteiger partial charge in [0.05, 0.1) is 6.61 Å². The number of amides is 1. The van der Waals surface area contributed by atoms with Crippen LogP contribution in [0.2, 0.25) is 0 Å². The molecule has 0 spiro atoms. The zero-order chi connectivity index (χ0) is 22.9. The summed E-state index contributed by atoms with van der Waals surface area (Å²) in [7, 11) is 0. The van der Waals surface area contributed by atoms with E-state index in [1.54, 1.807) is 29.1 Å². The van der Waals surface area contributed by atoms with Crippen molar-refractivity contribution in [3.63, 3.8) is 0 Å². The lowest BCUT2D eigenvalue weighted by atomic mass is 10.1. The van der Waals surface area contributed by atoms with E-state index < -0.39 is 0 Å². The number of nitrogens with one attached hydrogen (secondary N) is 1. The van der Waals surface area contributed by atoms with Crippen LogP contribution in [0.5, 0.6) is 0 Å². The van der Waals surface area contributed by atoms with E-state index in [0.29, 0.717) is 18.7 Å². The van der Waals surface area contributed by atoms with Crippen molar-refractivity contribution in [2.24, 2.45) is 0 Å². The lowest BCUT2D eigenvalue weighted by molar-refractivity contribution is -0.686. The molecule has 2 rings (SSSR count). The SMILES string of the molecule is CCCCCCCCCCCCOC(=O)C[n+]1cccc(C(=O)NCc2ccccc2)c1.[Cl-]. The molecular weight excluding hydrogens is 436 g/mol. The summed E-state index contributed by atoms with van der Waals surface area (Å²) < 4.78 is 7.06. The summed E-state index contributed by atoms with van der Waals surface area (Å²) >= 11 is 0. The van der Waals surface area contributed by atoms with Crippen LogP contribution in [0.1, 0.15) is 87.1 Å². The molecule has 1 aromatic heterocycles. The molecule has 1 heterocycles. The van der Waals surface area contributed by atoms with Gasteiger partial charge in [-0.2, -0.15) is 4.57 Å². The van der Waals surface area contributed by atoms with E-state index in [1.807, 2.05) is 30.3 Å². The molecule has 2 aromatic rings. The molecular formula is C27H39ClN2O3. The number of carbonyl (C=O) groups is 2. The largest absolute Gasteiger partial charge is 1.00 e. The number of pyridine rings is 1. The summed E-state index contributed by atoms with van der Waals surface area (Å²) in [6, 6.07) is 13.3. The van der Waals surface area contributed by atoms with Crippen molar-refractivity contribution < 1.29 is 31.3 Å². The normalized spacial score (nSPS) is 10.3. The van der Waals surface area contributed by atoms with Gasteiger partial charge >= 0.3 is 5.97 Å². The first-order valence-corrected chi connectivity index (χ1v) is 12.2. The predicted octanol–water partition coefficient (Wildman–Crippen LogP) is 2.37. The molecule has 0 fully saturated rings. The summed E-state index contributed by atoms with van der Waals surface area (Å²) in [6.07, 6.45) is 16.0. The van der Waals surface area contributed by atoms with E-state index in [9.17, 15) is 9.59 Å². The molecule has 1 aromatic carbocycles. The van der Waals surface area contributed by atoms with Gasteiger partial charge < -0.3 is 22.5 Å². The molecule has 0 bridgehead atoms. The number of hydrogen-bond donors (Lipinski definition) is 1. The van der Waals surface area contributed by atoms with Gasteiger partial charge in [0.15, 0.2) is 12.4 Å². The van der Waals surface area contributed by atoms with Gasteiger partial charge in [-0.3, -0.25) is 4.79 Å². The fourth-order valence-electron chi connectivity index (χ4n) is 3.61. The zero-order valence-corrected chi connectivity index (χ0v) is 20.7. The van der Waals surface area contributed by atoms with Crippen LogP contribution in [0.25, 0.3) is 0 Å².